The molecule has 2 aromatic heterocycles. The maximum Gasteiger partial charge on any atom is 0.181 e. The monoisotopic (exact) mass is 367 g/mol. The van der Waals surface area contributed by atoms with E-state index in [1.807, 2.05) is 7.05 Å². The standard InChI is InChI=1S/C8H7BrIN3O/c1-13-8(10)5(3-12-13)7-6(2-9)11-4-14-7/h3-4H,2H2,1H3. The molecule has 0 bridgehead atoms. The molecule has 0 amide bonds. The Bertz CT molecular complexity index is 451. The Morgan fingerprint density at radius 3 is 3.00 bits per heavy atom. The lowest BCUT2D eigenvalue weighted by Crippen LogP contribution is -1.92. The van der Waals surface area contributed by atoms with Crippen LogP contribution < -0.4 is 0 Å². The van der Waals surface area contributed by atoms with Crippen LogP contribution >= 0.6 is 38.5 Å². The van der Waals surface area contributed by atoms with E-state index < -0.39 is 0 Å². The van der Waals surface area contributed by atoms with Gasteiger partial charge < -0.3 is 4.42 Å². The fourth-order valence-corrected chi connectivity index (χ4v) is 2.07. The molecule has 2 rings (SSSR count). The molecule has 2 heterocycles. The van der Waals surface area contributed by atoms with Gasteiger partial charge in [-0.1, -0.05) is 15.9 Å². The van der Waals surface area contributed by atoms with Gasteiger partial charge in [0.15, 0.2) is 12.2 Å². The van der Waals surface area contributed by atoms with Gasteiger partial charge >= 0.3 is 0 Å². The molecule has 0 aromatic carbocycles. The average Bonchev–Trinajstić information content (AvgIpc) is 2.75. The number of oxazole rings is 1. The summed E-state index contributed by atoms with van der Waals surface area (Å²) in [5.41, 5.74) is 1.89. The zero-order valence-corrected chi connectivity index (χ0v) is 11.1. The van der Waals surface area contributed by atoms with Crippen LogP contribution in [0.1, 0.15) is 5.69 Å². The van der Waals surface area contributed by atoms with Gasteiger partial charge in [-0.3, -0.25) is 4.68 Å². The number of aromatic nitrogens is 3. The summed E-state index contributed by atoms with van der Waals surface area (Å²) in [4.78, 5) is 4.11. The zero-order valence-electron chi connectivity index (χ0n) is 7.37. The lowest BCUT2D eigenvalue weighted by molar-refractivity contribution is 0.570. The highest BCUT2D eigenvalue weighted by Crippen LogP contribution is 2.28. The summed E-state index contributed by atoms with van der Waals surface area (Å²) < 4.78 is 8.18. The van der Waals surface area contributed by atoms with Crippen LogP contribution in [-0.2, 0) is 12.4 Å². The minimum absolute atomic E-state index is 0.684. The molecule has 0 aliphatic carbocycles. The Labute approximate surface area is 103 Å². The van der Waals surface area contributed by atoms with Crippen molar-refractivity contribution in [1.29, 1.82) is 0 Å². The number of halogens is 2. The normalized spacial score (nSPS) is 10.8. The quantitative estimate of drug-likeness (QED) is 0.605. The van der Waals surface area contributed by atoms with Crippen molar-refractivity contribution in [3.63, 3.8) is 0 Å². The molecule has 4 nitrogen and oxygen atoms in total. The van der Waals surface area contributed by atoms with Crippen LogP contribution in [0.4, 0.5) is 0 Å². The third kappa shape index (κ3) is 1.60. The van der Waals surface area contributed by atoms with Gasteiger partial charge in [-0.25, -0.2) is 4.98 Å². The number of aryl methyl sites for hydroxylation is 1. The average molecular weight is 368 g/mol. The highest BCUT2D eigenvalue weighted by molar-refractivity contribution is 14.1. The maximum atomic E-state index is 5.34. The molecule has 0 radical (unpaired) electrons. The highest BCUT2D eigenvalue weighted by Gasteiger charge is 2.15. The van der Waals surface area contributed by atoms with E-state index in [0.717, 1.165) is 20.7 Å². The molecule has 0 unspecified atom stereocenters. The van der Waals surface area contributed by atoms with E-state index in [-0.39, 0.29) is 0 Å². The summed E-state index contributed by atoms with van der Waals surface area (Å²) in [6.45, 7) is 0. The Balaban J connectivity index is 2.54. The first-order chi connectivity index (χ1) is 6.74. The Morgan fingerprint density at radius 1 is 1.64 bits per heavy atom. The van der Waals surface area contributed by atoms with Gasteiger partial charge in [-0.05, 0) is 22.6 Å². The van der Waals surface area contributed by atoms with Crippen LogP contribution in [0.25, 0.3) is 11.3 Å². The van der Waals surface area contributed by atoms with Crippen molar-refractivity contribution >= 4 is 38.5 Å². The lowest BCUT2D eigenvalue weighted by atomic mass is 10.2. The third-order valence-electron chi connectivity index (χ3n) is 1.88. The molecule has 0 N–H and O–H groups in total. The molecule has 74 valence electrons. The van der Waals surface area contributed by atoms with Crippen molar-refractivity contribution < 1.29 is 4.42 Å². The second-order valence-corrected chi connectivity index (χ2v) is 4.32. The fraction of sp³-hybridized carbons (Fsp3) is 0.250. The first-order valence-corrected chi connectivity index (χ1v) is 6.10. The van der Waals surface area contributed by atoms with Crippen LogP contribution in [0.5, 0.6) is 0 Å². The van der Waals surface area contributed by atoms with Crippen molar-refractivity contribution in [1.82, 2.24) is 14.8 Å². The predicted molar refractivity (Wildman–Crippen MR) is 64.1 cm³/mol. The summed E-state index contributed by atoms with van der Waals surface area (Å²) in [6, 6.07) is 0. The van der Waals surface area contributed by atoms with E-state index in [2.05, 4.69) is 48.6 Å². The zero-order chi connectivity index (χ0) is 10.1. The summed E-state index contributed by atoms with van der Waals surface area (Å²) in [6.07, 6.45) is 3.24. The molecule has 0 atom stereocenters. The molecule has 0 saturated heterocycles. The second kappa shape index (κ2) is 4.01. The fourth-order valence-electron chi connectivity index (χ4n) is 1.16. The molecular weight excluding hydrogens is 361 g/mol. The summed E-state index contributed by atoms with van der Waals surface area (Å²) >= 11 is 5.60. The van der Waals surface area contributed by atoms with Gasteiger partial charge in [0.05, 0.1) is 17.5 Å². The minimum Gasteiger partial charge on any atom is -0.443 e. The van der Waals surface area contributed by atoms with E-state index in [1.165, 1.54) is 6.39 Å². The van der Waals surface area contributed by atoms with E-state index in [0.29, 0.717) is 5.33 Å². The third-order valence-corrected chi connectivity index (χ3v) is 3.69. The molecule has 2 aromatic rings. The molecule has 0 aliphatic rings. The molecule has 0 saturated carbocycles. The highest BCUT2D eigenvalue weighted by atomic mass is 127. The van der Waals surface area contributed by atoms with Crippen molar-refractivity contribution in [3.05, 3.63) is 22.0 Å². The van der Waals surface area contributed by atoms with Crippen molar-refractivity contribution in [3.8, 4) is 11.3 Å². The first kappa shape index (κ1) is 10.2. The van der Waals surface area contributed by atoms with E-state index in [9.17, 15) is 0 Å². The molecule has 0 spiro atoms. The first-order valence-electron chi connectivity index (χ1n) is 3.90. The largest absolute Gasteiger partial charge is 0.443 e. The summed E-state index contributed by atoms with van der Waals surface area (Å²) in [7, 11) is 1.90. The van der Waals surface area contributed by atoms with Crippen molar-refractivity contribution in [2.45, 2.75) is 5.33 Å². The second-order valence-electron chi connectivity index (χ2n) is 2.73. The number of hydrogen-bond acceptors (Lipinski definition) is 3. The Hall–Kier alpha value is -0.370. The lowest BCUT2D eigenvalue weighted by Gasteiger charge is -1.96. The number of hydrogen-bond donors (Lipinski definition) is 0. The van der Waals surface area contributed by atoms with Crippen LogP contribution in [0.3, 0.4) is 0 Å². The summed E-state index contributed by atoms with van der Waals surface area (Å²) in [5, 5.41) is 4.84. The van der Waals surface area contributed by atoms with E-state index in [1.54, 1.807) is 10.9 Å². The van der Waals surface area contributed by atoms with Gasteiger partial charge in [-0.15, -0.1) is 0 Å². The topological polar surface area (TPSA) is 43.9 Å². The van der Waals surface area contributed by atoms with E-state index in [4.69, 9.17) is 4.42 Å². The van der Waals surface area contributed by atoms with Gasteiger partial charge in [-0.2, -0.15) is 5.10 Å². The predicted octanol–water partition coefficient (Wildman–Crippen LogP) is 2.57. The number of nitrogens with zero attached hydrogens (tertiary/aromatic N) is 3. The van der Waals surface area contributed by atoms with Crippen LogP contribution in [0.15, 0.2) is 17.0 Å². The van der Waals surface area contributed by atoms with Crippen molar-refractivity contribution in [2.24, 2.45) is 7.05 Å². The number of alkyl halides is 1. The molecule has 14 heavy (non-hydrogen) atoms. The van der Waals surface area contributed by atoms with Crippen LogP contribution in [-0.4, -0.2) is 14.8 Å². The minimum atomic E-state index is 0.684. The van der Waals surface area contributed by atoms with E-state index >= 15 is 0 Å². The molecule has 0 fully saturated rings. The van der Waals surface area contributed by atoms with Crippen molar-refractivity contribution in [2.75, 3.05) is 0 Å². The van der Waals surface area contributed by atoms with Crippen LogP contribution in [0.2, 0.25) is 0 Å². The maximum absolute atomic E-state index is 5.34. The SMILES string of the molecule is Cn1ncc(-c2ocnc2CBr)c1I. The summed E-state index contributed by atoms with van der Waals surface area (Å²) in [5.74, 6) is 0.791. The Kier molecular flexibility index (Phi) is 2.91. The Morgan fingerprint density at radius 2 is 2.43 bits per heavy atom. The van der Waals surface area contributed by atoms with Crippen LogP contribution in [0, 0.1) is 3.70 Å². The number of rotatable bonds is 2. The van der Waals surface area contributed by atoms with Gasteiger partial charge in [0, 0.05) is 12.4 Å². The van der Waals surface area contributed by atoms with Gasteiger partial charge in [0.1, 0.15) is 3.70 Å². The molecular formula is C8H7BrIN3O. The smallest absolute Gasteiger partial charge is 0.181 e. The van der Waals surface area contributed by atoms with Gasteiger partial charge in [0.25, 0.3) is 0 Å². The molecule has 0 aliphatic heterocycles. The van der Waals surface area contributed by atoms with Gasteiger partial charge in [0.2, 0.25) is 0 Å². The molecule has 6 heteroatoms.